The predicted molar refractivity (Wildman–Crippen MR) is 81.4 cm³/mol. The molecule has 3 atom stereocenters. The topological polar surface area (TPSA) is 49.6 Å². The van der Waals surface area contributed by atoms with Crippen LogP contribution in [0.3, 0.4) is 0 Å². The molecular formula is C12H26ClN3OS. The maximum absolute atomic E-state index is 12.2. The molecule has 1 fully saturated rings. The molecule has 6 heteroatoms. The van der Waals surface area contributed by atoms with E-state index in [9.17, 15) is 4.79 Å². The fourth-order valence-electron chi connectivity index (χ4n) is 2.16. The van der Waals surface area contributed by atoms with Crippen LogP contribution in [0.15, 0.2) is 0 Å². The minimum Gasteiger partial charge on any atom is -0.339 e. The SMILES string of the molecule is CSC1CN(C(=O)[C@@H](N)C(C)C)CC1N(C)C.Cl. The molecule has 0 aromatic heterocycles. The number of carbonyl (C=O) groups is 1. The Morgan fingerprint density at radius 2 is 1.94 bits per heavy atom. The van der Waals surface area contributed by atoms with Crippen molar-refractivity contribution >= 4 is 30.1 Å². The Hall–Kier alpha value is 0.0300. The Morgan fingerprint density at radius 1 is 1.39 bits per heavy atom. The molecule has 108 valence electrons. The molecule has 1 aliphatic heterocycles. The first kappa shape index (κ1) is 18.0. The first-order valence-electron chi connectivity index (χ1n) is 6.12. The molecule has 2 unspecified atom stereocenters. The quantitative estimate of drug-likeness (QED) is 0.837. The van der Waals surface area contributed by atoms with Crippen LogP contribution in [0.1, 0.15) is 13.8 Å². The van der Waals surface area contributed by atoms with Crippen LogP contribution in [0.4, 0.5) is 0 Å². The van der Waals surface area contributed by atoms with Gasteiger partial charge in [-0.05, 0) is 26.3 Å². The number of hydrogen-bond donors (Lipinski definition) is 1. The highest BCUT2D eigenvalue weighted by Gasteiger charge is 2.37. The first-order valence-corrected chi connectivity index (χ1v) is 7.40. The predicted octanol–water partition coefficient (Wildman–Crippen LogP) is 0.895. The van der Waals surface area contributed by atoms with E-state index in [-0.39, 0.29) is 30.3 Å². The number of likely N-dealkylation sites (N-methyl/N-ethyl adjacent to an activating group) is 1. The summed E-state index contributed by atoms with van der Waals surface area (Å²) in [6, 6.07) is 0.0757. The third-order valence-electron chi connectivity index (χ3n) is 3.52. The minimum absolute atomic E-state index is 0. The Balaban J connectivity index is 0.00000289. The highest BCUT2D eigenvalue weighted by atomic mass is 35.5. The Bertz CT molecular complexity index is 276. The summed E-state index contributed by atoms with van der Waals surface area (Å²) >= 11 is 1.83. The second kappa shape index (κ2) is 7.58. The van der Waals surface area contributed by atoms with Crippen LogP contribution in [0, 0.1) is 5.92 Å². The summed E-state index contributed by atoms with van der Waals surface area (Å²) in [5, 5.41) is 0.494. The number of thioether (sulfide) groups is 1. The van der Waals surface area contributed by atoms with Gasteiger partial charge in [0.1, 0.15) is 0 Å². The number of nitrogens with two attached hydrogens (primary N) is 1. The van der Waals surface area contributed by atoms with Crippen LogP contribution in [0.25, 0.3) is 0 Å². The van der Waals surface area contributed by atoms with Crippen LogP contribution in [0.2, 0.25) is 0 Å². The molecule has 0 spiro atoms. The Labute approximate surface area is 121 Å². The average molecular weight is 296 g/mol. The monoisotopic (exact) mass is 295 g/mol. The van der Waals surface area contributed by atoms with Gasteiger partial charge in [-0.1, -0.05) is 13.8 Å². The Morgan fingerprint density at radius 3 is 2.28 bits per heavy atom. The third kappa shape index (κ3) is 4.02. The zero-order valence-electron chi connectivity index (χ0n) is 11.9. The van der Waals surface area contributed by atoms with Gasteiger partial charge in [-0.15, -0.1) is 12.4 Å². The largest absolute Gasteiger partial charge is 0.339 e. The highest BCUT2D eigenvalue weighted by molar-refractivity contribution is 7.99. The van der Waals surface area contributed by atoms with Crippen LogP contribution in [-0.2, 0) is 4.79 Å². The van der Waals surface area contributed by atoms with E-state index in [1.54, 1.807) is 0 Å². The van der Waals surface area contributed by atoms with E-state index >= 15 is 0 Å². The normalized spacial score (nSPS) is 25.4. The van der Waals surface area contributed by atoms with Gasteiger partial charge >= 0.3 is 0 Å². The van der Waals surface area contributed by atoms with Crippen LogP contribution in [-0.4, -0.2) is 66.5 Å². The lowest BCUT2D eigenvalue weighted by atomic mass is 10.0. The second-order valence-corrected chi connectivity index (χ2v) is 6.40. The van der Waals surface area contributed by atoms with Crippen molar-refractivity contribution in [1.82, 2.24) is 9.80 Å². The molecule has 18 heavy (non-hydrogen) atoms. The van der Waals surface area contributed by atoms with E-state index in [1.807, 2.05) is 30.5 Å². The van der Waals surface area contributed by atoms with Crippen molar-refractivity contribution in [1.29, 1.82) is 0 Å². The lowest BCUT2D eigenvalue weighted by Gasteiger charge is -2.24. The van der Waals surface area contributed by atoms with Crippen molar-refractivity contribution in [2.24, 2.45) is 11.7 Å². The Kier molecular flexibility index (Phi) is 7.59. The average Bonchev–Trinajstić information content (AvgIpc) is 2.70. The van der Waals surface area contributed by atoms with Crippen molar-refractivity contribution < 1.29 is 4.79 Å². The molecule has 0 bridgehead atoms. The molecule has 1 heterocycles. The summed E-state index contributed by atoms with van der Waals surface area (Å²) in [6.45, 7) is 5.61. The highest BCUT2D eigenvalue weighted by Crippen LogP contribution is 2.24. The van der Waals surface area contributed by atoms with Crippen molar-refractivity contribution in [2.75, 3.05) is 33.4 Å². The van der Waals surface area contributed by atoms with E-state index in [0.717, 1.165) is 13.1 Å². The zero-order valence-corrected chi connectivity index (χ0v) is 13.6. The molecule has 0 aliphatic carbocycles. The number of likely N-dealkylation sites (tertiary alicyclic amines) is 1. The maximum Gasteiger partial charge on any atom is 0.239 e. The number of hydrogen-bond acceptors (Lipinski definition) is 4. The van der Waals surface area contributed by atoms with E-state index in [2.05, 4.69) is 25.3 Å². The van der Waals surface area contributed by atoms with Gasteiger partial charge in [0.05, 0.1) is 6.04 Å². The van der Waals surface area contributed by atoms with Gasteiger partial charge in [0.25, 0.3) is 0 Å². The van der Waals surface area contributed by atoms with Crippen molar-refractivity contribution in [3.05, 3.63) is 0 Å². The minimum atomic E-state index is -0.363. The van der Waals surface area contributed by atoms with Crippen LogP contribution >= 0.6 is 24.2 Å². The van der Waals surface area contributed by atoms with Crippen LogP contribution < -0.4 is 5.73 Å². The number of rotatable bonds is 4. The summed E-state index contributed by atoms with van der Waals surface area (Å²) in [4.78, 5) is 16.3. The van der Waals surface area contributed by atoms with E-state index in [1.165, 1.54) is 0 Å². The van der Waals surface area contributed by atoms with Crippen molar-refractivity contribution in [2.45, 2.75) is 31.2 Å². The van der Waals surface area contributed by atoms with E-state index in [4.69, 9.17) is 5.73 Å². The summed E-state index contributed by atoms with van der Waals surface area (Å²) < 4.78 is 0. The van der Waals surface area contributed by atoms with Gasteiger partial charge in [-0.2, -0.15) is 11.8 Å². The smallest absolute Gasteiger partial charge is 0.239 e. The molecule has 0 aromatic rings. The van der Waals surface area contributed by atoms with Gasteiger partial charge in [0.15, 0.2) is 0 Å². The molecule has 1 saturated heterocycles. The maximum atomic E-state index is 12.2. The van der Waals surface area contributed by atoms with Gasteiger partial charge in [0, 0.05) is 24.4 Å². The molecule has 1 rings (SSSR count). The van der Waals surface area contributed by atoms with Gasteiger partial charge in [-0.25, -0.2) is 0 Å². The van der Waals surface area contributed by atoms with Crippen molar-refractivity contribution in [3.63, 3.8) is 0 Å². The zero-order chi connectivity index (χ0) is 13.2. The lowest BCUT2D eigenvalue weighted by molar-refractivity contribution is -0.132. The van der Waals surface area contributed by atoms with Gasteiger partial charge < -0.3 is 15.5 Å². The summed E-state index contributed by atoms with van der Waals surface area (Å²) in [5.74, 6) is 0.303. The summed E-state index contributed by atoms with van der Waals surface area (Å²) in [7, 11) is 4.15. The third-order valence-corrected chi connectivity index (χ3v) is 4.59. The molecule has 0 aromatic carbocycles. The number of halogens is 1. The van der Waals surface area contributed by atoms with Gasteiger partial charge in [0.2, 0.25) is 5.91 Å². The number of nitrogens with zero attached hydrogens (tertiary/aromatic N) is 2. The number of carbonyl (C=O) groups excluding carboxylic acids is 1. The lowest BCUT2D eigenvalue weighted by Crippen LogP contribution is -2.46. The van der Waals surface area contributed by atoms with Gasteiger partial charge in [-0.3, -0.25) is 4.79 Å². The molecule has 0 saturated carbocycles. The number of amides is 1. The van der Waals surface area contributed by atoms with E-state index in [0.29, 0.717) is 11.3 Å². The standard InChI is InChI=1S/C12H25N3OS.ClH/c1-8(2)11(13)12(16)15-6-9(14(3)4)10(7-15)17-5;/h8-11H,6-7,13H2,1-5H3;1H/t9?,10?,11-;/m0./s1. The van der Waals surface area contributed by atoms with Crippen LogP contribution in [0.5, 0.6) is 0 Å². The molecule has 1 amide bonds. The molecule has 1 aliphatic rings. The van der Waals surface area contributed by atoms with E-state index < -0.39 is 0 Å². The molecule has 0 radical (unpaired) electrons. The summed E-state index contributed by atoms with van der Waals surface area (Å²) in [6.07, 6.45) is 2.11. The first-order chi connectivity index (χ1) is 7.88. The van der Waals surface area contributed by atoms with Crippen molar-refractivity contribution in [3.8, 4) is 0 Å². The molecule has 2 N–H and O–H groups in total. The molecular weight excluding hydrogens is 270 g/mol. The summed E-state index contributed by atoms with van der Waals surface area (Å²) in [5.41, 5.74) is 5.94. The molecule has 4 nitrogen and oxygen atoms in total. The fraction of sp³-hybridized carbons (Fsp3) is 0.917. The fourth-order valence-corrected chi connectivity index (χ4v) is 3.13. The second-order valence-electron chi connectivity index (χ2n) is 5.32.